The van der Waals surface area contributed by atoms with Gasteiger partial charge in [0.15, 0.2) is 0 Å². The molecular formula is C22H18ClN3O2. The number of nitrogens with one attached hydrogen (secondary N) is 1. The fourth-order valence-electron chi connectivity index (χ4n) is 2.94. The summed E-state index contributed by atoms with van der Waals surface area (Å²) in [6, 6.07) is 24.5. The molecule has 28 heavy (non-hydrogen) atoms. The Kier molecular flexibility index (Phi) is 5.26. The molecule has 0 spiro atoms. The SMILES string of the molecule is COc1ccccc1NC(c1cccc(Cl)c1)c1nnc(-c2ccccc2)o1. The van der Waals surface area contributed by atoms with Gasteiger partial charge in [-0.25, -0.2) is 0 Å². The van der Waals surface area contributed by atoms with Crippen LogP contribution in [0.2, 0.25) is 5.02 Å². The molecule has 0 saturated carbocycles. The second kappa shape index (κ2) is 8.15. The first kappa shape index (κ1) is 18.1. The Hall–Kier alpha value is -3.31. The van der Waals surface area contributed by atoms with Gasteiger partial charge < -0.3 is 14.5 Å². The highest BCUT2D eigenvalue weighted by Gasteiger charge is 2.23. The molecule has 0 aliphatic rings. The van der Waals surface area contributed by atoms with Crippen LogP contribution >= 0.6 is 11.6 Å². The van der Waals surface area contributed by atoms with Crippen LogP contribution in [-0.4, -0.2) is 17.3 Å². The lowest BCUT2D eigenvalue weighted by atomic mass is 10.1. The van der Waals surface area contributed by atoms with Gasteiger partial charge in [-0.2, -0.15) is 0 Å². The zero-order chi connectivity index (χ0) is 19.3. The van der Waals surface area contributed by atoms with Gasteiger partial charge in [-0.1, -0.05) is 54.1 Å². The first-order valence-electron chi connectivity index (χ1n) is 8.78. The average Bonchev–Trinajstić information content (AvgIpc) is 3.23. The van der Waals surface area contributed by atoms with Crippen LogP contribution < -0.4 is 10.1 Å². The Labute approximate surface area is 168 Å². The summed E-state index contributed by atoms with van der Waals surface area (Å²) in [4.78, 5) is 0. The second-order valence-electron chi connectivity index (χ2n) is 6.14. The molecule has 4 aromatic rings. The van der Waals surface area contributed by atoms with Gasteiger partial charge in [-0.05, 0) is 42.0 Å². The molecule has 0 saturated heterocycles. The highest BCUT2D eigenvalue weighted by atomic mass is 35.5. The molecule has 0 fully saturated rings. The predicted molar refractivity (Wildman–Crippen MR) is 110 cm³/mol. The molecule has 1 N–H and O–H groups in total. The standard InChI is InChI=1S/C22H18ClN3O2/c1-27-19-13-6-5-12-18(19)24-20(16-10-7-11-17(23)14-16)22-26-25-21(28-22)15-8-3-2-4-9-15/h2-14,20,24H,1H3. The Bertz CT molecular complexity index is 1070. The molecule has 0 bridgehead atoms. The molecule has 1 aromatic heterocycles. The maximum absolute atomic E-state index is 6.22. The zero-order valence-electron chi connectivity index (χ0n) is 15.2. The number of hydrogen-bond donors (Lipinski definition) is 1. The number of ether oxygens (including phenoxy) is 1. The number of rotatable bonds is 6. The van der Waals surface area contributed by atoms with E-state index in [1.165, 1.54) is 0 Å². The fraction of sp³-hybridized carbons (Fsp3) is 0.0909. The summed E-state index contributed by atoms with van der Waals surface area (Å²) in [6.45, 7) is 0. The third kappa shape index (κ3) is 3.85. The monoisotopic (exact) mass is 391 g/mol. The average molecular weight is 392 g/mol. The van der Waals surface area contributed by atoms with Crippen LogP contribution in [0.25, 0.3) is 11.5 Å². The van der Waals surface area contributed by atoms with Gasteiger partial charge in [-0.15, -0.1) is 10.2 Å². The number of anilines is 1. The van der Waals surface area contributed by atoms with E-state index in [9.17, 15) is 0 Å². The van der Waals surface area contributed by atoms with Crippen LogP contribution in [-0.2, 0) is 0 Å². The summed E-state index contributed by atoms with van der Waals surface area (Å²) in [5.41, 5.74) is 2.58. The maximum Gasteiger partial charge on any atom is 0.247 e. The van der Waals surface area contributed by atoms with Gasteiger partial charge in [0.1, 0.15) is 11.8 Å². The van der Waals surface area contributed by atoms with E-state index in [1.54, 1.807) is 7.11 Å². The number of benzene rings is 3. The first-order valence-corrected chi connectivity index (χ1v) is 9.16. The molecule has 1 unspecified atom stereocenters. The number of hydrogen-bond acceptors (Lipinski definition) is 5. The lowest BCUT2D eigenvalue weighted by Crippen LogP contribution is -2.13. The Morgan fingerprint density at radius 3 is 2.50 bits per heavy atom. The maximum atomic E-state index is 6.22. The van der Waals surface area contributed by atoms with Crippen molar-refractivity contribution in [3.05, 3.63) is 95.3 Å². The lowest BCUT2D eigenvalue weighted by Gasteiger charge is -2.19. The molecule has 3 aromatic carbocycles. The van der Waals surface area contributed by atoms with Crippen molar-refractivity contribution < 1.29 is 9.15 Å². The normalized spacial score (nSPS) is 11.8. The van der Waals surface area contributed by atoms with E-state index < -0.39 is 0 Å². The molecule has 4 rings (SSSR count). The minimum absolute atomic E-state index is 0.389. The molecule has 6 heteroatoms. The molecular weight excluding hydrogens is 374 g/mol. The summed E-state index contributed by atoms with van der Waals surface area (Å²) in [6.07, 6.45) is 0. The van der Waals surface area contributed by atoms with Gasteiger partial charge in [0.25, 0.3) is 0 Å². The summed E-state index contributed by atoms with van der Waals surface area (Å²) in [7, 11) is 1.63. The molecule has 0 radical (unpaired) electrons. The third-order valence-corrected chi connectivity index (χ3v) is 4.53. The van der Waals surface area contributed by atoms with Crippen molar-refractivity contribution in [3.63, 3.8) is 0 Å². The molecule has 0 amide bonds. The van der Waals surface area contributed by atoms with Crippen molar-refractivity contribution >= 4 is 17.3 Å². The van der Waals surface area contributed by atoms with Crippen molar-refractivity contribution in [2.24, 2.45) is 0 Å². The molecule has 1 heterocycles. The summed E-state index contributed by atoms with van der Waals surface area (Å²) < 4.78 is 11.5. The molecule has 0 aliphatic heterocycles. The highest BCUT2D eigenvalue weighted by Crippen LogP contribution is 2.33. The van der Waals surface area contributed by atoms with Crippen molar-refractivity contribution in [1.82, 2.24) is 10.2 Å². The van der Waals surface area contributed by atoms with E-state index >= 15 is 0 Å². The zero-order valence-corrected chi connectivity index (χ0v) is 15.9. The number of methoxy groups -OCH3 is 1. The van der Waals surface area contributed by atoms with E-state index in [0.717, 1.165) is 22.6 Å². The predicted octanol–water partition coefficient (Wildman–Crippen LogP) is 5.60. The Morgan fingerprint density at radius 1 is 0.929 bits per heavy atom. The lowest BCUT2D eigenvalue weighted by molar-refractivity contribution is 0.415. The van der Waals surface area contributed by atoms with Crippen molar-refractivity contribution in [2.75, 3.05) is 12.4 Å². The van der Waals surface area contributed by atoms with E-state index in [0.29, 0.717) is 16.8 Å². The van der Waals surface area contributed by atoms with Gasteiger partial charge in [0, 0.05) is 10.6 Å². The van der Waals surface area contributed by atoms with E-state index in [2.05, 4.69) is 15.5 Å². The summed E-state index contributed by atoms with van der Waals surface area (Å²) in [5.74, 6) is 1.62. The minimum Gasteiger partial charge on any atom is -0.495 e. The smallest absolute Gasteiger partial charge is 0.247 e. The Balaban J connectivity index is 1.74. The van der Waals surface area contributed by atoms with Gasteiger partial charge in [0.2, 0.25) is 11.8 Å². The molecule has 0 aliphatic carbocycles. The number of aromatic nitrogens is 2. The first-order chi connectivity index (χ1) is 13.7. The fourth-order valence-corrected chi connectivity index (χ4v) is 3.14. The van der Waals surface area contributed by atoms with Gasteiger partial charge in [-0.3, -0.25) is 0 Å². The number of halogens is 1. The van der Waals surface area contributed by atoms with Gasteiger partial charge >= 0.3 is 0 Å². The molecule has 5 nitrogen and oxygen atoms in total. The van der Waals surface area contributed by atoms with E-state index in [4.69, 9.17) is 20.8 Å². The quantitative estimate of drug-likeness (QED) is 0.463. The summed E-state index contributed by atoms with van der Waals surface area (Å²) in [5, 5.41) is 12.6. The van der Waals surface area contributed by atoms with Gasteiger partial charge in [0.05, 0.1) is 12.8 Å². The largest absolute Gasteiger partial charge is 0.495 e. The second-order valence-corrected chi connectivity index (χ2v) is 6.58. The van der Waals surface area contributed by atoms with E-state index in [-0.39, 0.29) is 6.04 Å². The topological polar surface area (TPSA) is 60.2 Å². The van der Waals surface area contributed by atoms with Crippen LogP contribution in [0.3, 0.4) is 0 Å². The van der Waals surface area contributed by atoms with Crippen molar-refractivity contribution in [2.45, 2.75) is 6.04 Å². The highest BCUT2D eigenvalue weighted by molar-refractivity contribution is 6.30. The molecule has 1 atom stereocenters. The van der Waals surface area contributed by atoms with Crippen LogP contribution in [0, 0.1) is 0 Å². The van der Waals surface area contributed by atoms with Crippen LogP contribution in [0.4, 0.5) is 5.69 Å². The third-order valence-electron chi connectivity index (χ3n) is 4.30. The van der Waals surface area contributed by atoms with Crippen LogP contribution in [0.5, 0.6) is 5.75 Å². The minimum atomic E-state index is -0.389. The van der Waals surface area contributed by atoms with Crippen molar-refractivity contribution in [3.8, 4) is 17.2 Å². The van der Waals surface area contributed by atoms with Crippen LogP contribution in [0.1, 0.15) is 17.5 Å². The number of para-hydroxylation sites is 2. The number of nitrogens with zero attached hydrogens (tertiary/aromatic N) is 2. The Morgan fingerprint density at radius 2 is 1.71 bits per heavy atom. The summed E-state index contributed by atoms with van der Waals surface area (Å²) >= 11 is 6.22. The van der Waals surface area contributed by atoms with E-state index in [1.807, 2.05) is 78.9 Å². The van der Waals surface area contributed by atoms with Crippen LogP contribution in [0.15, 0.2) is 83.3 Å². The van der Waals surface area contributed by atoms with Crippen molar-refractivity contribution in [1.29, 1.82) is 0 Å². The molecule has 140 valence electrons.